The minimum absolute atomic E-state index is 0.0340. The van der Waals surface area contributed by atoms with Crippen LogP contribution in [0.25, 0.3) is 0 Å². The number of ether oxygens (including phenoxy) is 1. The lowest BCUT2D eigenvalue weighted by molar-refractivity contribution is -0.143. The molecule has 0 radical (unpaired) electrons. The molecule has 5 heteroatoms. The fourth-order valence-electron chi connectivity index (χ4n) is 4.66. The van der Waals surface area contributed by atoms with Crippen LogP contribution in [0.4, 0.5) is 0 Å². The van der Waals surface area contributed by atoms with Crippen molar-refractivity contribution in [3.63, 3.8) is 0 Å². The van der Waals surface area contributed by atoms with Crippen LogP contribution in [0.1, 0.15) is 29.9 Å². The Balaban J connectivity index is 1.65. The molecule has 0 bridgehead atoms. The van der Waals surface area contributed by atoms with Crippen molar-refractivity contribution < 1.29 is 19.4 Å². The van der Waals surface area contributed by atoms with Gasteiger partial charge in [-0.15, -0.1) is 0 Å². The number of carbonyl (C=O) groups is 2. The fraction of sp³-hybridized carbons (Fsp3) is 0.391. The zero-order valence-electron chi connectivity index (χ0n) is 15.8. The third-order valence-electron chi connectivity index (χ3n) is 6.23. The van der Waals surface area contributed by atoms with Crippen LogP contribution in [0.2, 0.25) is 0 Å². The first kappa shape index (κ1) is 18.7. The molecule has 2 aromatic carbocycles. The molecule has 2 atom stereocenters. The van der Waals surface area contributed by atoms with Crippen LogP contribution >= 0.6 is 0 Å². The highest BCUT2D eigenvalue weighted by Gasteiger charge is 2.48. The molecule has 5 nitrogen and oxygen atoms in total. The molecule has 28 heavy (non-hydrogen) atoms. The molecule has 0 saturated carbocycles. The van der Waals surface area contributed by atoms with E-state index >= 15 is 0 Å². The lowest BCUT2D eigenvalue weighted by atomic mass is 9.73. The summed E-state index contributed by atoms with van der Waals surface area (Å²) in [6, 6.07) is 19.5. The van der Waals surface area contributed by atoms with E-state index in [1.54, 1.807) is 4.90 Å². The second kappa shape index (κ2) is 7.76. The molecule has 2 aliphatic heterocycles. The van der Waals surface area contributed by atoms with Crippen molar-refractivity contribution in [2.75, 3.05) is 26.3 Å². The van der Waals surface area contributed by atoms with Crippen LogP contribution in [-0.2, 0) is 19.7 Å². The van der Waals surface area contributed by atoms with Crippen LogP contribution < -0.4 is 0 Å². The molecule has 4 rings (SSSR count). The van der Waals surface area contributed by atoms with Crippen molar-refractivity contribution >= 4 is 11.9 Å². The van der Waals surface area contributed by atoms with Gasteiger partial charge in [0.15, 0.2) is 0 Å². The zero-order chi connectivity index (χ0) is 19.6. The van der Waals surface area contributed by atoms with Gasteiger partial charge in [0.05, 0.1) is 11.3 Å². The van der Waals surface area contributed by atoms with E-state index in [1.165, 1.54) is 0 Å². The van der Waals surface area contributed by atoms with Gasteiger partial charge < -0.3 is 14.7 Å². The molecule has 0 spiro atoms. The first-order valence-electron chi connectivity index (χ1n) is 9.82. The summed E-state index contributed by atoms with van der Waals surface area (Å²) in [5.41, 5.74) is 1.35. The number of rotatable bonds is 4. The van der Waals surface area contributed by atoms with E-state index in [1.807, 2.05) is 60.7 Å². The van der Waals surface area contributed by atoms with Gasteiger partial charge in [0.1, 0.15) is 0 Å². The number of carbonyl (C=O) groups excluding carboxylic acids is 1. The number of likely N-dealkylation sites (tertiary alicyclic amines) is 1. The molecule has 0 aliphatic carbocycles. The van der Waals surface area contributed by atoms with Crippen molar-refractivity contribution in [1.29, 1.82) is 0 Å². The number of carboxylic acid groups (broad SMARTS) is 1. The Kier molecular flexibility index (Phi) is 5.18. The van der Waals surface area contributed by atoms with Gasteiger partial charge in [0.2, 0.25) is 5.91 Å². The summed E-state index contributed by atoms with van der Waals surface area (Å²) in [5.74, 6) is -1.58. The highest BCUT2D eigenvalue weighted by Crippen LogP contribution is 2.40. The molecule has 1 N–H and O–H groups in total. The van der Waals surface area contributed by atoms with E-state index in [4.69, 9.17) is 4.74 Å². The van der Waals surface area contributed by atoms with E-state index in [0.717, 1.165) is 11.1 Å². The van der Waals surface area contributed by atoms with E-state index < -0.39 is 17.3 Å². The lowest BCUT2D eigenvalue weighted by Crippen LogP contribution is -2.49. The number of nitrogens with zero attached hydrogens (tertiary/aromatic N) is 1. The van der Waals surface area contributed by atoms with Crippen molar-refractivity contribution in [1.82, 2.24) is 4.90 Å². The smallest absolute Gasteiger partial charge is 0.308 e. The standard InChI is InChI=1S/C23H25NO4/c25-21(26)20-16-24(15-19(20)17-7-3-1-4-8-17)22(27)23(11-13-28-14-12-23)18-9-5-2-6-10-18/h1-10,19-20H,11-16H2,(H,25,26)/t19-,20-/m1/s1. The summed E-state index contributed by atoms with van der Waals surface area (Å²) in [6.45, 7) is 1.77. The predicted octanol–water partition coefficient (Wildman–Crippen LogP) is 3.06. The minimum Gasteiger partial charge on any atom is -0.481 e. The quantitative estimate of drug-likeness (QED) is 0.887. The molecule has 2 aliphatic rings. The van der Waals surface area contributed by atoms with Gasteiger partial charge in [-0.05, 0) is 24.0 Å². The number of hydrogen-bond acceptors (Lipinski definition) is 3. The molecule has 2 fully saturated rings. The molecule has 2 saturated heterocycles. The molecular weight excluding hydrogens is 354 g/mol. The predicted molar refractivity (Wildman–Crippen MR) is 105 cm³/mol. The molecule has 2 aromatic rings. The summed E-state index contributed by atoms with van der Waals surface area (Å²) in [7, 11) is 0. The van der Waals surface area contributed by atoms with Crippen molar-refractivity contribution in [2.45, 2.75) is 24.2 Å². The van der Waals surface area contributed by atoms with Gasteiger partial charge in [0.25, 0.3) is 0 Å². The largest absolute Gasteiger partial charge is 0.481 e. The Hall–Kier alpha value is -2.66. The van der Waals surface area contributed by atoms with Gasteiger partial charge in [-0.1, -0.05) is 60.7 Å². The summed E-state index contributed by atoms with van der Waals surface area (Å²) < 4.78 is 5.54. The summed E-state index contributed by atoms with van der Waals surface area (Å²) in [4.78, 5) is 27.4. The van der Waals surface area contributed by atoms with E-state index in [9.17, 15) is 14.7 Å². The monoisotopic (exact) mass is 379 g/mol. The Morgan fingerprint density at radius 3 is 2.14 bits per heavy atom. The maximum Gasteiger partial charge on any atom is 0.308 e. The summed E-state index contributed by atoms with van der Waals surface area (Å²) in [5, 5.41) is 9.78. The molecule has 146 valence electrons. The number of hydrogen-bond donors (Lipinski definition) is 1. The van der Waals surface area contributed by atoms with Crippen molar-refractivity contribution in [3.05, 3.63) is 71.8 Å². The zero-order valence-corrected chi connectivity index (χ0v) is 15.8. The van der Waals surface area contributed by atoms with E-state index in [-0.39, 0.29) is 18.4 Å². The van der Waals surface area contributed by atoms with Gasteiger partial charge in [-0.25, -0.2) is 0 Å². The average molecular weight is 379 g/mol. The van der Waals surface area contributed by atoms with Crippen LogP contribution in [0.15, 0.2) is 60.7 Å². The number of amides is 1. The minimum atomic E-state index is -0.843. The van der Waals surface area contributed by atoms with Crippen molar-refractivity contribution in [3.8, 4) is 0 Å². The topological polar surface area (TPSA) is 66.8 Å². The molecule has 0 unspecified atom stereocenters. The third-order valence-corrected chi connectivity index (χ3v) is 6.23. The van der Waals surface area contributed by atoms with Crippen LogP contribution in [0.3, 0.4) is 0 Å². The number of benzene rings is 2. The molecule has 2 heterocycles. The van der Waals surface area contributed by atoms with Crippen molar-refractivity contribution in [2.24, 2.45) is 5.92 Å². The lowest BCUT2D eigenvalue weighted by Gasteiger charge is -2.39. The highest BCUT2D eigenvalue weighted by molar-refractivity contribution is 5.89. The van der Waals surface area contributed by atoms with Gasteiger partial charge in [-0.2, -0.15) is 0 Å². The summed E-state index contributed by atoms with van der Waals surface area (Å²) >= 11 is 0. The van der Waals surface area contributed by atoms with E-state index in [0.29, 0.717) is 32.6 Å². The van der Waals surface area contributed by atoms with Gasteiger partial charge in [-0.3, -0.25) is 9.59 Å². The normalized spacial score (nSPS) is 24.1. The highest BCUT2D eigenvalue weighted by atomic mass is 16.5. The molecular formula is C23H25NO4. The SMILES string of the molecule is O=C(O)[C@@H]1CN(C(=O)C2(c3ccccc3)CCOCC2)C[C@@H]1c1ccccc1. The van der Waals surface area contributed by atoms with Crippen LogP contribution in [0, 0.1) is 5.92 Å². The van der Waals surface area contributed by atoms with E-state index in [2.05, 4.69) is 0 Å². The van der Waals surface area contributed by atoms with Crippen LogP contribution in [-0.4, -0.2) is 48.2 Å². The third kappa shape index (κ3) is 3.31. The van der Waals surface area contributed by atoms with Gasteiger partial charge in [0, 0.05) is 32.2 Å². The molecule has 1 amide bonds. The Labute approximate surface area is 164 Å². The Morgan fingerprint density at radius 2 is 1.54 bits per heavy atom. The number of aliphatic carboxylic acids is 1. The maximum absolute atomic E-state index is 13.7. The second-order valence-electron chi connectivity index (χ2n) is 7.73. The van der Waals surface area contributed by atoms with Gasteiger partial charge >= 0.3 is 5.97 Å². The molecule has 0 aromatic heterocycles. The number of carboxylic acids is 1. The average Bonchev–Trinajstić information content (AvgIpc) is 3.21. The Morgan fingerprint density at radius 1 is 0.929 bits per heavy atom. The summed E-state index contributed by atoms with van der Waals surface area (Å²) in [6.07, 6.45) is 1.25. The first-order chi connectivity index (χ1) is 13.6. The maximum atomic E-state index is 13.7. The first-order valence-corrected chi connectivity index (χ1v) is 9.82. The Bertz CT molecular complexity index is 830. The van der Waals surface area contributed by atoms with Crippen LogP contribution in [0.5, 0.6) is 0 Å². The second-order valence-corrected chi connectivity index (χ2v) is 7.73. The fourth-order valence-corrected chi connectivity index (χ4v) is 4.66.